The average Bonchev–Trinajstić information content (AvgIpc) is 2.69. The molecule has 0 aliphatic carbocycles. The molecule has 0 unspecified atom stereocenters. The number of hydrogen-bond donors (Lipinski definition) is 0. The molecule has 0 bridgehead atoms. The second-order valence-electron chi connectivity index (χ2n) is 3.69. The van der Waals surface area contributed by atoms with Crippen molar-refractivity contribution >= 4 is 27.6 Å². The smallest absolute Gasteiger partial charge is 0.189 e. The van der Waals surface area contributed by atoms with Gasteiger partial charge < -0.3 is 9.64 Å². The fourth-order valence-electron chi connectivity index (χ4n) is 1.76. The fraction of sp³-hybridized carbons (Fsp3) is 0.500. The van der Waals surface area contributed by atoms with E-state index in [2.05, 4.69) is 19.9 Å². The second-order valence-corrected chi connectivity index (χ2v) is 4.87. The van der Waals surface area contributed by atoms with Gasteiger partial charge in [-0.25, -0.2) is 15.0 Å². The molecule has 3 heterocycles. The van der Waals surface area contributed by atoms with E-state index in [0.717, 1.165) is 47.6 Å². The highest BCUT2D eigenvalue weighted by atomic mass is 32.1. The Morgan fingerprint density at radius 2 is 2.12 bits per heavy atom. The average molecular weight is 236 g/mol. The van der Waals surface area contributed by atoms with Crippen molar-refractivity contribution in [2.45, 2.75) is 6.92 Å². The molecule has 5 nitrogen and oxygen atoms in total. The Morgan fingerprint density at radius 1 is 1.31 bits per heavy atom. The maximum Gasteiger partial charge on any atom is 0.189 e. The van der Waals surface area contributed by atoms with Gasteiger partial charge in [-0.1, -0.05) is 11.3 Å². The number of anilines is 1. The molecule has 1 fully saturated rings. The Balaban J connectivity index is 1.97. The first-order valence-electron chi connectivity index (χ1n) is 5.26. The highest BCUT2D eigenvalue weighted by Crippen LogP contribution is 2.21. The molecule has 0 radical (unpaired) electrons. The molecule has 16 heavy (non-hydrogen) atoms. The zero-order chi connectivity index (χ0) is 11.0. The van der Waals surface area contributed by atoms with Crippen LogP contribution in [0.4, 0.5) is 5.82 Å². The number of fused-ring (bicyclic) bond motifs is 1. The topological polar surface area (TPSA) is 51.1 Å². The number of rotatable bonds is 1. The monoisotopic (exact) mass is 236 g/mol. The molecule has 3 rings (SSSR count). The predicted octanol–water partition coefficient (Wildman–Crippen LogP) is 1.23. The van der Waals surface area contributed by atoms with E-state index in [9.17, 15) is 0 Å². The van der Waals surface area contributed by atoms with Gasteiger partial charge in [0.25, 0.3) is 0 Å². The van der Waals surface area contributed by atoms with Crippen molar-refractivity contribution in [1.29, 1.82) is 0 Å². The van der Waals surface area contributed by atoms with Crippen molar-refractivity contribution in [2.24, 2.45) is 0 Å². The number of thiazole rings is 1. The number of aryl methyl sites for hydroxylation is 1. The number of hydrogen-bond acceptors (Lipinski definition) is 6. The molecule has 1 saturated heterocycles. The van der Waals surface area contributed by atoms with E-state index < -0.39 is 0 Å². The summed E-state index contributed by atoms with van der Waals surface area (Å²) in [5.41, 5.74) is 0.750. The van der Waals surface area contributed by atoms with Crippen molar-refractivity contribution < 1.29 is 4.74 Å². The maximum atomic E-state index is 5.31. The maximum absolute atomic E-state index is 5.31. The van der Waals surface area contributed by atoms with Crippen LogP contribution >= 0.6 is 11.3 Å². The molecule has 1 aliphatic rings. The van der Waals surface area contributed by atoms with Gasteiger partial charge in [0.2, 0.25) is 0 Å². The van der Waals surface area contributed by atoms with Crippen molar-refractivity contribution in [3.8, 4) is 0 Å². The van der Waals surface area contributed by atoms with Gasteiger partial charge in [0.05, 0.1) is 24.4 Å². The summed E-state index contributed by atoms with van der Waals surface area (Å²) in [6.07, 6.45) is 1.80. The first-order valence-corrected chi connectivity index (χ1v) is 6.07. The zero-order valence-corrected chi connectivity index (χ0v) is 9.83. The lowest BCUT2D eigenvalue weighted by molar-refractivity contribution is 0.122. The van der Waals surface area contributed by atoms with Gasteiger partial charge in [-0.3, -0.25) is 0 Å². The Morgan fingerprint density at radius 3 is 2.94 bits per heavy atom. The lowest BCUT2D eigenvalue weighted by Gasteiger charge is -2.27. The summed E-state index contributed by atoms with van der Waals surface area (Å²) in [5, 5.41) is 1.01. The first-order chi connectivity index (χ1) is 7.83. The lowest BCUT2D eigenvalue weighted by atomic mass is 10.4. The van der Waals surface area contributed by atoms with Crippen molar-refractivity contribution in [3.63, 3.8) is 0 Å². The minimum absolute atomic E-state index is 0.750. The molecule has 6 heteroatoms. The van der Waals surface area contributed by atoms with Crippen LogP contribution in [0.5, 0.6) is 0 Å². The second kappa shape index (κ2) is 3.95. The van der Waals surface area contributed by atoms with E-state index in [1.807, 2.05) is 6.92 Å². The van der Waals surface area contributed by atoms with Crippen LogP contribution in [-0.2, 0) is 4.74 Å². The number of nitrogens with zero attached hydrogens (tertiary/aromatic N) is 4. The van der Waals surface area contributed by atoms with Crippen LogP contribution in [0.1, 0.15) is 5.01 Å². The van der Waals surface area contributed by atoms with E-state index >= 15 is 0 Å². The Kier molecular flexibility index (Phi) is 2.45. The Labute approximate surface area is 97.1 Å². The molecule has 84 valence electrons. The molecule has 1 aliphatic heterocycles. The van der Waals surface area contributed by atoms with Crippen LogP contribution in [-0.4, -0.2) is 41.3 Å². The quantitative estimate of drug-likeness (QED) is 0.745. The van der Waals surface area contributed by atoms with E-state index in [0.29, 0.717) is 0 Å². The molecular weight excluding hydrogens is 224 g/mol. The highest BCUT2D eigenvalue weighted by molar-refractivity contribution is 7.18. The molecule has 0 amide bonds. The van der Waals surface area contributed by atoms with Crippen LogP contribution in [0.2, 0.25) is 0 Å². The van der Waals surface area contributed by atoms with Crippen LogP contribution in [0, 0.1) is 6.92 Å². The Hall–Kier alpha value is -1.27. The van der Waals surface area contributed by atoms with Gasteiger partial charge in [-0.05, 0) is 6.92 Å². The number of aromatic nitrogens is 3. The molecule has 0 saturated carbocycles. The predicted molar refractivity (Wildman–Crippen MR) is 63.0 cm³/mol. The Bertz CT molecular complexity index is 506. The molecule has 0 N–H and O–H groups in total. The van der Waals surface area contributed by atoms with Crippen molar-refractivity contribution in [1.82, 2.24) is 15.0 Å². The minimum atomic E-state index is 0.750. The summed E-state index contributed by atoms with van der Waals surface area (Å²) in [7, 11) is 0. The van der Waals surface area contributed by atoms with E-state index in [-0.39, 0.29) is 0 Å². The largest absolute Gasteiger partial charge is 0.378 e. The van der Waals surface area contributed by atoms with Crippen LogP contribution in [0.15, 0.2) is 6.20 Å². The van der Waals surface area contributed by atoms with Crippen molar-refractivity contribution in [2.75, 3.05) is 31.2 Å². The summed E-state index contributed by atoms with van der Waals surface area (Å²) in [5.74, 6) is 0.930. The van der Waals surface area contributed by atoms with Gasteiger partial charge in [0, 0.05) is 13.1 Å². The molecule has 0 spiro atoms. The molecular formula is C10H12N4OS. The summed E-state index contributed by atoms with van der Waals surface area (Å²) in [4.78, 5) is 16.3. The first kappa shape index (κ1) is 9.92. The van der Waals surface area contributed by atoms with E-state index in [1.165, 1.54) is 0 Å². The SMILES string of the molecule is Cc1nc2ncc(N3CCOCC3)nc2s1. The van der Waals surface area contributed by atoms with Crippen molar-refractivity contribution in [3.05, 3.63) is 11.2 Å². The van der Waals surface area contributed by atoms with Gasteiger partial charge in [-0.2, -0.15) is 0 Å². The van der Waals surface area contributed by atoms with Gasteiger partial charge >= 0.3 is 0 Å². The van der Waals surface area contributed by atoms with Gasteiger partial charge in [0.15, 0.2) is 10.5 Å². The molecule has 0 aromatic carbocycles. The number of morpholine rings is 1. The number of ether oxygens (including phenoxy) is 1. The van der Waals surface area contributed by atoms with E-state index in [1.54, 1.807) is 17.5 Å². The fourth-order valence-corrected chi connectivity index (χ4v) is 2.50. The summed E-state index contributed by atoms with van der Waals surface area (Å²) in [6, 6.07) is 0. The normalized spacial score (nSPS) is 16.9. The molecule has 2 aromatic rings. The van der Waals surface area contributed by atoms with Crippen LogP contribution < -0.4 is 4.90 Å². The standard InChI is InChI=1S/C10H12N4OS/c1-7-12-9-10(16-7)13-8(6-11-9)14-2-4-15-5-3-14/h6H,2-5H2,1H3. The molecule has 0 atom stereocenters. The van der Waals surface area contributed by atoms with Crippen LogP contribution in [0.25, 0.3) is 10.5 Å². The summed E-state index contributed by atoms with van der Waals surface area (Å²) >= 11 is 1.59. The zero-order valence-electron chi connectivity index (χ0n) is 9.01. The van der Waals surface area contributed by atoms with E-state index in [4.69, 9.17) is 4.74 Å². The third kappa shape index (κ3) is 1.74. The highest BCUT2D eigenvalue weighted by Gasteiger charge is 2.14. The summed E-state index contributed by atoms with van der Waals surface area (Å²) < 4.78 is 5.31. The molecule has 2 aromatic heterocycles. The third-order valence-corrected chi connectivity index (χ3v) is 3.41. The lowest BCUT2D eigenvalue weighted by Crippen LogP contribution is -2.36. The summed E-state index contributed by atoms with van der Waals surface area (Å²) in [6.45, 7) is 5.28. The van der Waals surface area contributed by atoms with Gasteiger partial charge in [-0.15, -0.1) is 0 Å². The third-order valence-electron chi connectivity index (χ3n) is 2.55. The van der Waals surface area contributed by atoms with Gasteiger partial charge in [0.1, 0.15) is 5.82 Å². The van der Waals surface area contributed by atoms with Crippen LogP contribution in [0.3, 0.4) is 0 Å². The minimum Gasteiger partial charge on any atom is -0.378 e.